The lowest BCUT2D eigenvalue weighted by Gasteiger charge is -2.11. The van der Waals surface area contributed by atoms with Gasteiger partial charge >= 0.3 is 0 Å². The van der Waals surface area contributed by atoms with Crippen LogP contribution in [0.15, 0.2) is 74.4 Å². The number of amides is 1. The predicted molar refractivity (Wildman–Crippen MR) is 296 cm³/mol. The summed E-state index contributed by atoms with van der Waals surface area (Å²) in [6, 6.07) is 5.14. The summed E-state index contributed by atoms with van der Waals surface area (Å²) in [6.45, 7) is 27.7. The predicted octanol–water partition coefficient (Wildman–Crippen LogP) is 8.65. The molecule has 1 aliphatic carbocycles. The largest absolute Gasteiger partial charge is 0.398 e. The van der Waals surface area contributed by atoms with Crippen LogP contribution in [0.25, 0.3) is 27.9 Å². The van der Waals surface area contributed by atoms with E-state index in [1.807, 2.05) is 82.1 Å². The van der Waals surface area contributed by atoms with Gasteiger partial charge in [-0.1, -0.05) is 32.6 Å². The molecule has 0 radical (unpaired) electrons. The van der Waals surface area contributed by atoms with Crippen molar-refractivity contribution in [3.8, 4) is 0 Å². The number of primary amides is 1. The molecule has 404 valence electrons. The van der Waals surface area contributed by atoms with Gasteiger partial charge in [0.25, 0.3) is 5.91 Å². The molecule has 0 aromatic carbocycles. The first-order valence-corrected chi connectivity index (χ1v) is 24.4. The molecule has 8 aromatic rings. The Bertz CT molecular complexity index is 2990. The number of carbonyl (C=O) groups excluding carboxylic acids is 3. The van der Waals surface area contributed by atoms with Crippen molar-refractivity contribution in [2.75, 3.05) is 30.5 Å². The fourth-order valence-corrected chi connectivity index (χ4v) is 6.66. The molecular weight excluding hydrogens is 953 g/mol. The van der Waals surface area contributed by atoms with Crippen LogP contribution in [0, 0.1) is 5.92 Å². The third-order valence-corrected chi connectivity index (χ3v) is 11.0. The van der Waals surface area contributed by atoms with Crippen LogP contribution in [0.5, 0.6) is 0 Å². The van der Waals surface area contributed by atoms with E-state index in [1.165, 1.54) is 24.4 Å². The van der Waals surface area contributed by atoms with Crippen molar-refractivity contribution in [1.82, 2.24) is 78.6 Å². The molecular formula is C52H78N20O3. The van der Waals surface area contributed by atoms with Crippen LogP contribution in [0.3, 0.4) is 0 Å². The van der Waals surface area contributed by atoms with E-state index < -0.39 is 5.91 Å². The molecule has 6 N–H and O–H groups in total. The molecule has 0 aliphatic heterocycles. The second-order valence-electron chi connectivity index (χ2n) is 19.2. The summed E-state index contributed by atoms with van der Waals surface area (Å²) >= 11 is 0. The number of fused-ring (bicyclic) bond motifs is 3. The van der Waals surface area contributed by atoms with Gasteiger partial charge in [-0.2, -0.15) is 10.1 Å². The van der Waals surface area contributed by atoms with Crippen molar-refractivity contribution in [3.05, 3.63) is 103 Å². The van der Waals surface area contributed by atoms with Crippen molar-refractivity contribution in [2.24, 2.45) is 11.7 Å². The van der Waals surface area contributed by atoms with Crippen molar-refractivity contribution >= 4 is 62.7 Å². The Morgan fingerprint density at radius 2 is 1.25 bits per heavy atom. The normalized spacial score (nSPS) is 11.4. The molecule has 1 amide bonds. The fraction of sp³-hybridized carbons (Fsp3) is 0.462. The Hall–Kier alpha value is -8.24. The Labute approximate surface area is 440 Å². The third kappa shape index (κ3) is 16.6. The SMILES string of the molecule is C.CC(=O)c1cn(C(C)C)nn1.CC(=O)c1cnn(C(C)C)c1.CC(C)C1=CCc2c(N)ccnc21.CC(C)n1cnc(C(N)=O)n1.CC(C)n1cnc2c(N)ccnc21.CC(C)n1cnc2cnc(N(C)C)nc21. The molecule has 8 aromatic heterocycles. The van der Waals surface area contributed by atoms with Gasteiger partial charge in [-0.3, -0.25) is 24.0 Å². The number of nitrogen functional groups attached to an aromatic ring is 2. The molecule has 0 spiro atoms. The van der Waals surface area contributed by atoms with Crippen LogP contribution in [0.1, 0.15) is 177 Å². The number of Topliss-reactive ketones (excluding diaryl/α,β-unsaturated/α-hetero) is 2. The standard InChI is InChI=1S/C11H14N2.C10H15N5.C9H12N4.C8H12N2O.C7H11N3O.C6H10N4O.CH4/c1-7(2)8-3-4-9-10(12)5-6-13-11(8)9;1-7(2)15-6-12-8-5-11-10(14(3)4)13-9(8)15;1-6(2)13-5-12-8-7(10)3-4-11-9(8)13;1-6(2)10-5-8(4-9-10)7(3)11;1-5(2)10-4-7(6(3)11)8-9-10;1-4(2)10-3-8-6(9-10)5(7)11;/h3,5-7H,4H2,1-2H3,(H2,12,13);5-7H,1-4H3;3-6H,1-2H3,(H2,10,11);4-6H,1-3H3;4-5H,1-3H3;3-4H,1-2H3,(H2,7,11);1H4. The molecule has 1 aliphatic rings. The lowest BCUT2D eigenvalue weighted by Crippen LogP contribution is -2.14. The van der Waals surface area contributed by atoms with Gasteiger partial charge in [0.1, 0.15) is 23.1 Å². The van der Waals surface area contributed by atoms with Crippen LogP contribution >= 0.6 is 0 Å². The lowest BCUT2D eigenvalue weighted by atomic mass is 10.0. The monoisotopic (exact) mass is 1030 g/mol. The van der Waals surface area contributed by atoms with Crippen LogP contribution in [0.2, 0.25) is 0 Å². The van der Waals surface area contributed by atoms with Gasteiger partial charge in [0, 0.05) is 81.1 Å². The number of aromatic nitrogens is 16. The molecule has 0 saturated heterocycles. The molecule has 0 fully saturated rings. The van der Waals surface area contributed by atoms with Gasteiger partial charge < -0.3 is 31.2 Å². The molecule has 9 rings (SSSR count). The summed E-state index contributed by atoms with van der Waals surface area (Å²) < 4.78 is 9.07. The van der Waals surface area contributed by atoms with E-state index in [-0.39, 0.29) is 36.9 Å². The van der Waals surface area contributed by atoms with Gasteiger partial charge in [0.05, 0.1) is 48.2 Å². The van der Waals surface area contributed by atoms with Crippen molar-refractivity contribution in [1.29, 1.82) is 0 Å². The number of hydrogen-bond donors (Lipinski definition) is 3. The Kier molecular flexibility index (Phi) is 22.6. The number of ketones is 2. The average Bonchev–Trinajstić information content (AvgIpc) is 4.20. The van der Waals surface area contributed by atoms with E-state index in [4.69, 9.17) is 17.2 Å². The second-order valence-corrected chi connectivity index (χ2v) is 19.2. The molecule has 0 saturated carbocycles. The summed E-state index contributed by atoms with van der Waals surface area (Å²) in [5.41, 5.74) is 26.3. The van der Waals surface area contributed by atoms with Crippen LogP contribution in [-0.4, -0.2) is 110 Å². The van der Waals surface area contributed by atoms with Crippen LogP contribution in [0.4, 0.5) is 17.3 Å². The Balaban J connectivity index is 0.000000238. The second kappa shape index (κ2) is 27.7. The van der Waals surface area contributed by atoms with Crippen molar-refractivity contribution in [2.45, 2.75) is 141 Å². The summed E-state index contributed by atoms with van der Waals surface area (Å²) in [5.74, 6) is 0.748. The zero-order valence-electron chi connectivity index (χ0n) is 45.7. The van der Waals surface area contributed by atoms with Gasteiger partial charge in [-0.15, -0.1) is 10.2 Å². The third-order valence-electron chi connectivity index (χ3n) is 11.0. The Morgan fingerprint density at radius 1 is 0.653 bits per heavy atom. The number of allylic oxidation sites excluding steroid dienone is 2. The van der Waals surface area contributed by atoms with Crippen LogP contribution < -0.4 is 22.1 Å². The van der Waals surface area contributed by atoms with Crippen molar-refractivity contribution in [3.63, 3.8) is 0 Å². The highest BCUT2D eigenvalue weighted by Gasteiger charge is 2.19. The van der Waals surface area contributed by atoms with Crippen LogP contribution in [-0.2, 0) is 6.42 Å². The summed E-state index contributed by atoms with van der Waals surface area (Å²) in [5, 5.41) is 15.4. The number of rotatable bonds is 10. The zero-order chi connectivity index (χ0) is 55.1. The molecule has 8 heterocycles. The quantitative estimate of drug-likeness (QED) is 0.108. The number of imidazole rings is 2. The average molecular weight is 1030 g/mol. The topological polar surface area (TPSA) is 299 Å². The number of carbonyl (C=O) groups is 3. The summed E-state index contributed by atoms with van der Waals surface area (Å²) in [4.78, 5) is 63.5. The molecule has 23 heteroatoms. The van der Waals surface area contributed by atoms with E-state index in [0.717, 1.165) is 40.1 Å². The van der Waals surface area contributed by atoms with E-state index in [0.29, 0.717) is 46.9 Å². The Morgan fingerprint density at radius 3 is 1.73 bits per heavy atom. The van der Waals surface area contributed by atoms with Crippen molar-refractivity contribution < 1.29 is 14.4 Å². The number of pyridine rings is 2. The first-order valence-electron chi connectivity index (χ1n) is 24.4. The maximum Gasteiger partial charge on any atom is 0.288 e. The smallest absolute Gasteiger partial charge is 0.288 e. The van der Waals surface area contributed by atoms with E-state index >= 15 is 0 Å². The van der Waals surface area contributed by atoms with Gasteiger partial charge in [0.15, 0.2) is 22.9 Å². The first kappa shape index (κ1) is 61.1. The molecule has 0 atom stereocenters. The minimum atomic E-state index is -0.593. The number of hydrogen-bond acceptors (Lipinski definition) is 17. The van der Waals surface area contributed by atoms with E-state index in [2.05, 4.69) is 103 Å². The molecule has 23 nitrogen and oxygen atoms in total. The first-order chi connectivity index (χ1) is 34.8. The van der Waals surface area contributed by atoms with Gasteiger partial charge in [-0.25, -0.2) is 34.3 Å². The maximum absolute atomic E-state index is 10.8. The highest BCUT2D eigenvalue weighted by molar-refractivity contribution is 5.93. The summed E-state index contributed by atoms with van der Waals surface area (Å²) in [7, 11) is 3.86. The number of anilines is 3. The number of nitrogens with two attached hydrogens (primary N) is 3. The lowest BCUT2D eigenvalue weighted by molar-refractivity contribution is 0.0986. The van der Waals surface area contributed by atoms with Gasteiger partial charge in [0.2, 0.25) is 11.8 Å². The highest BCUT2D eigenvalue weighted by Crippen LogP contribution is 2.33. The molecule has 75 heavy (non-hydrogen) atoms. The maximum atomic E-state index is 10.8. The van der Waals surface area contributed by atoms with E-state index in [1.54, 1.807) is 70.5 Å². The zero-order valence-corrected chi connectivity index (χ0v) is 45.7. The minimum Gasteiger partial charge on any atom is -0.398 e. The summed E-state index contributed by atoms with van der Waals surface area (Å²) in [6.07, 6.45) is 18.5. The van der Waals surface area contributed by atoms with E-state index in [9.17, 15) is 14.4 Å². The van der Waals surface area contributed by atoms with Gasteiger partial charge in [-0.05, 0) is 106 Å². The highest BCUT2D eigenvalue weighted by atomic mass is 16.1. The molecule has 0 bridgehead atoms. The number of nitrogens with zero attached hydrogens (tertiary/aromatic N) is 17. The minimum absolute atomic E-state index is 0. The fourth-order valence-electron chi connectivity index (χ4n) is 6.66. The molecule has 0 unspecified atom stereocenters.